The van der Waals surface area contributed by atoms with Gasteiger partial charge < -0.3 is 20.7 Å². The van der Waals surface area contributed by atoms with Gasteiger partial charge in [-0.1, -0.05) is 12.1 Å². The lowest BCUT2D eigenvalue weighted by atomic mass is 9.79. The Morgan fingerprint density at radius 1 is 1.29 bits per heavy atom. The summed E-state index contributed by atoms with van der Waals surface area (Å²) in [6.07, 6.45) is 1.57. The van der Waals surface area contributed by atoms with Gasteiger partial charge in [-0.2, -0.15) is 0 Å². The first-order valence-corrected chi connectivity index (χ1v) is 6.88. The highest BCUT2D eigenvalue weighted by molar-refractivity contribution is 5.95. The summed E-state index contributed by atoms with van der Waals surface area (Å²) in [5, 5.41) is 19.4. The quantitative estimate of drug-likeness (QED) is 0.755. The Morgan fingerprint density at radius 2 is 1.90 bits per heavy atom. The minimum atomic E-state index is -1.06. The fourth-order valence-electron chi connectivity index (χ4n) is 2.55. The number of rotatable bonds is 5. The van der Waals surface area contributed by atoms with E-state index in [0.29, 0.717) is 31.4 Å². The first-order chi connectivity index (χ1) is 9.91. The zero-order valence-corrected chi connectivity index (χ0v) is 11.6. The van der Waals surface area contributed by atoms with Crippen LogP contribution in [0.5, 0.6) is 5.75 Å². The van der Waals surface area contributed by atoms with E-state index in [1.807, 2.05) is 0 Å². The van der Waals surface area contributed by atoms with E-state index < -0.39 is 23.4 Å². The molecule has 6 nitrogen and oxygen atoms in total. The van der Waals surface area contributed by atoms with Gasteiger partial charge in [-0.15, -0.1) is 0 Å². The third kappa shape index (κ3) is 3.72. The molecule has 4 N–H and O–H groups in total. The monoisotopic (exact) mass is 293 g/mol. The molecule has 0 radical (unpaired) electrons. The van der Waals surface area contributed by atoms with Crippen LogP contribution in [0, 0.1) is 5.92 Å². The number of aliphatic hydroxyl groups is 1. The van der Waals surface area contributed by atoms with Crippen LogP contribution in [-0.2, 0) is 4.79 Å². The lowest BCUT2D eigenvalue weighted by Gasteiger charge is -2.34. The minimum absolute atomic E-state index is 0.0175. The number of carbonyl (C=O) groups is 2. The van der Waals surface area contributed by atoms with Crippen LogP contribution in [0.15, 0.2) is 24.3 Å². The molecule has 6 heteroatoms. The van der Waals surface area contributed by atoms with Crippen LogP contribution in [0.25, 0.3) is 0 Å². The number of aliphatic carboxylic acids is 1. The van der Waals surface area contributed by atoms with Crippen molar-refractivity contribution in [3.63, 3.8) is 0 Å². The Balaban J connectivity index is 1.97. The maximum absolute atomic E-state index is 11.3. The number of hydrogen-bond acceptors (Lipinski definition) is 4. The second kappa shape index (κ2) is 6.13. The third-order valence-corrected chi connectivity index (χ3v) is 3.91. The largest absolute Gasteiger partial charge is 0.490 e. The molecule has 0 saturated heterocycles. The van der Waals surface area contributed by atoms with Crippen LogP contribution in [0.1, 0.15) is 36.0 Å². The van der Waals surface area contributed by atoms with Gasteiger partial charge in [-0.05, 0) is 37.8 Å². The first kappa shape index (κ1) is 15.3. The Hall–Kier alpha value is -2.08. The molecule has 1 saturated carbocycles. The standard InChI is InChI=1S/C15H19NO5/c16-13(17)11-3-1-2-4-12(11)21-9-15(20)7-5-10(6-8-15)14(18)19/h1-4,10,20H,5-9H2,(H2,16,17)(H,18,19). The van der Waals surface area contributed by atoms with Crippen molar-refractivity contribution in [1.82, 2.24) is 0 Å². The van der Waals surface area contributed by atoms with Gasteiger partial charge in [0.1, 0.15) is 12.4 Å². The van der Waals surface area contributed by atoms with Crippen molar-refractivity contribution in [2.24, 2.45) is 11.7 Å². The van der Waals surface area contributed by atoms with Gasteiger partial charge in [0.25, 0.3) is 5.91 Å². The second-order valence-corrected chi connectivity index (χ2v) is 5.49. The van der Waals surface area contributed by atoms with Gasteiger partial charge in [0.2, 0.25) is 0 Å². The summed E-state index contributed by atoms with van der Waals surface area (Å²) in [6.45, 7) is 0.0175. The Labute approximate surface area is 122 Å². The number of para-hydroxylation sites is 1. The van der Waals surface area contributed by atoms with E-state index in [1.54, 1.807) is 24.3 Å². The van der Waals surface area contributed by atoms with Crippen LogP contribution in [-0.4, -0.2) is 34.3 Å². The van der Waals surface area contributed by atoms with Gasteiger partial charge >= 0.3 is 5.97 Å². The maximum Gasteiger partial charge on any atom is 0.306 e. The van der Waals surface area contributed by atoms with E-state index >= 15 is 0 Å². The molecule has 1 aromatic carbocycles. The smallest absolute Gasteiger partial charge is 0.306 e. The summed E-state index contributed by atoms with van der Waals surface area (Å²) in [4.78, 5) is 22.2. The van der Waals surface area contributed by atoms with E-state index in [9.17, 15) is 14.7 Å². The Kier molecular flexibility index (Phi) is 4.47. The summed E-state index contributed by atoms with van der Waals surface area (Å²) < 4.78 is 5.54. The van der Waals surface area contributed by atoms with Crippen LogP contribution < -0.4 is 10.5 Å². The van der Waals surface area contributed by atoms with Crippen molar-refractivity contribution in [2.75, 3.05) is 6.61 Å². The number of carboxylic acids is 1. The molecule has 1 aliphatic carbocycles. The fourth-order valence-corrected chi connectivity index (χ4v) is 2.55. The van der Waals surface area contributed by atoms with Crippen molar-refractivity contribution in [2.45, 2.75) is 31.3 Å². The predicted octanol–water partition coefficient (Wildman–Crippen LogP) is 1.17. The molecule has 0 spiro atoms. The number of benzene rings is 1. The molecule has 0 atom stereocenters. The van der Waals surface area contributed by atoms with Gasteiger partial charge in [-0.3, -0.25) is 9.59 Å². The van der Waals surface area contributed by atoms with Gasteiger partial charge in [-0.25, -0.2) is 0 Å². The van der Waals surface area contributed by atoms with Crippen molar-refractivity contribution in [3.8, 4) is 5.75 Å². The highest BCUT2D eigenvalue weighted by atomic mass is 16.5. The summed E-state index contributed by atoms with van der Waals surface area (Å²) >= 11 is 0. The number of carbonyl (C=O) groups excluding carboxylic acids is 1. The topological polar surface area (TPSA) is 110 Å². The van der Waals surface area contributed by atoms with Crippen LogP contribution in [0.3, 0.4) is 0 Å². The molecule has 21 heavy (non-hydrogen) atoms. The molecule has 0 aliphatic heterocycles. The molecule has 0 bridgehead atoms. The molecule has 0 heterocycles. The fraction of sp³-hybridized carbons (Fsp3) is 0.467. The highest BCUT2D eigenvalue weighted by Crippen LogP contribution is 2.33. The van der Waals surface area contributed by atoms with Crippen LogP contribution in [0.4, 0.5) is 0 Å². The minimum Gasteiger partial charge on any atom is -0.490 e. The average Bonchev–Trinajstić information content (AvgIpc) is 2.46. The summed E-state index contributed by atoms with van der Waals surface area (Å²) in [6, 6.07) is 6.57. The zero-order valence-electron chi connectivity index (χ0n) is 11.6. The van der Waals surface area contributed by atoms with Gasteiger partial charge in [0, 0.05) is 0 Å². The number of carboxylic acid groups (broad SMARTS) is 1. The second-order valence-electron chi connectivity index (χ2n) is 5.49. The summed E-state index contributed by atoms with van der Waals surface area (Å²) in [5.41, 5.74) is 4.47. The number of nitrogens with two attached hydrogens (primary N) is 1. The highest BCUT2D eigenvalue weighted by Gasteiger charge is 2.36. The molecular formula is C15H19NO5. The van der Waals surface area contributed by atoms with E-state index in [1.165, 1.54) is 0 Å². The number of amides is 1. The summed E-state index contributed by atoms with van der Waals surface area (Å²) in [7, 11) is 0. The Morgan fingerprint density at radius 3 is 2.48 bits per heavy atom. The van der Waals surface area contributed by atoms with Crippen molar-refractivity contribution in [1.29, 1.82) is 0 Å². The zero-order chi connectivity index (χ0) is 15.5. The SMILES string of the molecule is NC(=O)c1ccccc1OCC1(O)CCC(C(=O)O)CC1. The number of ether oxygens (including phenoxy) is 1. The van der Waals surface area contributed by atoms with Crippen LogP contribution >= 0.6 is 0 Å². The first-order valence-electron chi connectivity index (χ1n) is 6.88. The molecule has 1 amide bonds. The van der Waals surface area contributed by atoms with E-state index in [-0.39, 0.29) is 12.2 Å². The van der Waals surface area contributed by atoms with Crippen molar-refractivity contribution < 1.29 is 24.5 Å². The molecule has 114 valence electrons. The lowest BCUT2D eigenvalue weighted by molar-refractivity contribution is -0.145. The molecule has 2 rings (SSSR count). The molecule has 1 aliphatic rings. The molecule has 0 aromatic heterocycles. The number of hydrogen-bond donors (Lipinski definition) is 3. The van der Waals surface area contributed by atoms with Crippen LogP contribution in [0.2, 0.25) is 0 Å². The van der Waals surface area contributed by atoms with Gasteiger partial charge in [0.05, 0.1) is 17.1 Å². The van der Waals surface area contributed by atoms with Gasteiger partial charge in [0.15, 0.2) is 0 Å². The van der Waals surface area contributed by atoms with Crippen molar-refractivity contribution in [3.05, 3.63) is 29.8 Å². The molecule has 0 unspecified atom stereocenters. The molecule has 1 aromatic rings. The maximum atomic E-state index is 11.3. The predicted molar refractivity (Wildman–Crippen MR) is 75.0 cm³/mol. The number of primary amides is 1. The lowest BCUT2D eigenvalue weighted by Crippen LogP contribution is -2.41. The van der Waals surface area contributed by atoms with Crippen molar-refractivity contribution >= 4 is 11.9 Å². The van der Waals surface area contributed by atoms with E-state index in [0.717, 1.165) is 0 Å². The summed E-state index contributed by atoms with van der Waals surface area (Å²) in [5.74, 6) is -1.48. The average molecular weight is 293 g/mol. The van der Waals surface area contributed by atoms with E-state index in [4.69, 9.17) is 15.6 Å². The third-order valence-electron chi connectivity index (χ3n) is 3.91. The normalized spacial score (nSPS) is 25.3. The molecule has 1 fully saturated rings. The molecular weight excluding hydrogens is 274 g/mol. The van der Waals surface area contributed by atoms with E-state index in [2.05, 4.69) is 0 Å². The Bertz CT molecular complexity index is 535.